The van der Waals surface area contributed by atoms with E-state index in [-0.39, 0.29) is 5.92 Å². The lowest BCUT2D eigenvalue weighted by atomic mass is 9.89. The molecule has 3 heteroatoms. The number of aromatic nitrogens is 3. The Balaban J connectivity index is 0.850. The van der Waals surface area contributed by atoms with Crippen LogP contribution in [0.3, 0.4) is 0 Å². The summed E-state index contributed by atoms with van der Waals surface area (Å²) in [5.74, 6) is 0.934. The molecule has 2 heterocycles. The van der Waals surface area contributed by atoms with Crippen LogP contribution in [0.1, 0.15) is 22.6 Å². The Labute approximate surface area is 396 Å². The van der Waals surface area contributed by atoms with Crippen LogP contribution in [-0.4, -0.2) is 14.5 Å². The SMILES string of the molecule is c1ccc(-c2cc(-c3ccccc3)nc(-c3cccc(-c4cccc(-c5cccc(-n6c7ccccc7c7cc(-c8ccc9c(c8)-c8ccccc8C9c8ccccc8)ccc76)c5)c4)c3)n2)cc1. The molecule has 1 atom stereocenters. The van der Waals surface area contributed by atoms with Crippen molar-refractivity contribution in [3.8, 4) is 84.1 Å². The van der Waals surface area contributed by atoms with Gasteiger partial charge in [0.2, 0.25) is 0 Å². The van der Waals surface area contributed by atoms with Crippen molar-refractivity contribution in [3.63, 3.8) is 0 Å². The maximum atomic E-state index is 5.12. The van der Waals surface area contributed by atoms with Gasteiger partial charge in [0.25, 0.3) is 0 Å². The first-order valence-electron chi connectivity index (χ1n) is 23.3. The normalized spacial score (nSPS) is 12.9. The number of hydrogen-bond donors (Lipinski definition) is 0. The summed E-state index contributed by atoms with van der Waals surface area (Å²) in [6.45, 7) is 0. The van der Waals surface area contributed by atoms with Gasteiger partial charge in [0, 0.05) is 39.1 Å². The molecule has 0 fully saturated rings. The molecule has 0 aliphatic heterocycles. The predicted octanol–water partition coefficient (Wildman–Crippen LogP) is 16.7. The van der Waals surface area contributed by atoms with Crippen LogP contribution in [0.2, 0.25) is 0 Å². The van der Waals surface area contributed by atoms with E-state index in [4.69, 9.17) is 9.97 Å². The molecule has 0 amide bonds. The van der Waals surface area contributed by atoms with Crippen molar-refractivity contribution >= 4 is 21.8 Å². The van der Waals surface area contributed by atoms with E-state index in [1.165, 1.54) is 60.8 Å². The van der Waals surface area contributed by atoms with Crippen molar-refractivity contribution in [1.82, 2.24) is 14.5 Å². The minimum Gasteiger partial charge on any atom is -0.309 e. The van der Waals surface area contributed by atoms with Crippen LogP contribution in [0.25, 0.3) is 106 Å². The van der Waals surface area contributed by atoms with Gasteiger partial charge in [0.15, 0.2) is 5.82 Å². The van der Waals surface area contributed by atoms with Crippen LogP contribution in [-0.2, 0) is 0 Å². The maximum Gasteiger partial charge on any atom is 0.160 e. The summed E-state index contributed by atoms with van der Waals surface area (Å²) >= 11 is 0. The number of fused-ring (bicyclic) bond motifs is 6. The quantitative estimate of drug-likeness (QED) is 0.152. The van der Waals surface area contributed by atoms with Gasteiger partial charge in [-0.1, -0.05) is 200 Å². The summed E-state index contributed by atoms with van der Waals surface area (Å²) in [5.41, 5.74) is 22.1. The van der Waals surface area contributed by atoms with Crippen LogP contribution in [0.15, 0.2) is 255 Å². The summed E-state index contributed by atoms with van der Waals surface area (Å²) in [5, 5.41) is 2.48. The highest BCUT2D eigenvalue weighted by Gasteiger charge is 2.30. The van der Waals surface area contributed by atoms with Gasteiger partial charge in [-0.05, 0) is 116 Å². The van der Waals surface area contributed by atoms with E-state index in [0.717, 1.165) is 56.0 Å². The van der Waals surface area contributed by atoms with Gasteiger partial charge in [-0.25, -0.2) is 9.97 Å². The first-order valence-corrected chi connectivity index (χ1v) is 23.3. The van der Waals surface area contributed by atoms with Crippen molar-refractivity contribution < 1.29 is 0 Å². The van der Waals surface area contributed by atoms with Crippen molar-refractivity contribution in [2.75, 3.05) is 0 Å². The Kier molecular flexibility index (Phi) is 9.57. The molecule has 0 saturated heterocycles. The second-order valence-corrected chi connectivity index (χ2v) is 17.7. The molecule has 10 aromatic carbocycles. The van der Waals surface area contributed by atoms with Gasteiger partial charge in [-0.2, -0.15) is 0 Å². The predicted molar refractivity (Wildman–Crippen MR) is 282 cm³/mol. The van der Waals surface area contributed by atoms with E-state index in [2.05, 4.69) is 247 Å². The molecule has 3 nitrogen and oxygen atoms in total. The molecular weight excluding hydrogens is 823 g/mol. The van der Waals surface area contributed by atoms with E-state index in [0.29, 0.717) is 5.82 Å². The van der Waals surface area contributed by atoms with E-state index in [9.17, 15) is 0 Å². The lowest BCUT2D eigenvalue weighted by molar-refractivity contribution is 1.02. The lowest BCUT2D eigenvalue weighted by Crippen LogP contribution is -1.98. The molecule has 2 aromatic heterocycles. The largest absolute Gasteiger partial charge is 0.309 e. The fourth-order valence-electron chi connectivity index (χ4n) is 10.4. The summed E-state index contributed by atoms with van der Waals surface area (Å²) in [7, 11) is 0. The monoisotopic (exact) mass is 865 g/mol. The number of benzene rings is 10. The minimum absolute atomic E-state index is 0.236. The molecule has 13 rings (SSSR count). The van der Waals surface area contributed by atoms with Crippen molar-refractivity contribution in [2.45, 2.75) is 5.92 Å². The molecule has 0 radical (unpaired) electrons. The van der Waals surface area contributed by atoms with Crippen molar-refractivity contribution in [3.05, 3.63) is 271 Å². The average Bonchev–Trinajstić information content (AvgIpc) is 3.94. The average molecular weight is 866 g/mol. The number of para-hydroxylation sites is 1. The molecule has 0 N–H and O–H groups in total. The van der Waals surface area contributed by atoms with Gasteiger partial charge in [0.1, 0.15) is 0 Å². The van der Waals surface area contributed by atoms with Crippen LogP contribution < -0.4 is 0 Å². The molecule has 1 aliphatic rings. The molecule has 68 heavy (non-hydrogen) atoms. The molecule has 12 aromatic rings. The van der Waals surface area contributed by atoms with Crippen LogP contribution in [0.5, 0.6) is 0 Å². The molecule has 318 valence electrons. The zero-order valence-corrected chi connectivity index (χ0v) is 37.2. The minimum atomic E-state index is 0.236. The highest BCUT2D eigenvalue weighted by molar-refractivity contribution is 6.10. The topological polar surface area (TPSA) is 30.7 Å². The molecule has 0 saturated carbocycles. The van der Waals surface area contributed by atoms with E-state index in [1.807, 2.05) is 12.1 Å². The van der Waals surface area contributed by atoms with Gasteiger partial charge in [-0.15, -0.1) is 0 Å². The van der Waals surface area contributed by atoms with Gasteiger partial charge >= 0.3 is 0 Å². The number of hydrogen-bond acceptors (Lipinski definition) is 2. The van der Waals surface area contributed by atoms with Crippen molar-refractivity contribution in [1.29, 1.82) is 0 Å². The summed E-state index contributed by atoms with van der Waals surface area (Å²) in [4.78, 5) is 10.2. The smallest absolute Gasteiger partial charge is 0.160 e. The van der Waals surface area contributed by atoms with Crippen LogP contribution in [0, 0.1) is 0 Å². The molecule has 0 bridgehead atoms. The summed E-state index contributed by atoms with van der Waals surface area (Å²) < 4.78 is 2.42. The zero-order valence-electron chi connectivity index (χ0n) is 37.2. The fraction of sp³-hybridized carbons (Fsp3) is 0.0154. The van der Waals surface area contributed by atoms with E-state index >= 15 is 0 Å². The van der Waals surface area contributed by atoms with Crippen LogP contribution in [0.4, 0.5) is 0 Å². The van der Waals surface area contributed by atoms with Gasteiger partial charge < -0.3 is 4.57 Å². The first kappa shape index (κ1) is 39.4. The second kappa shape index (κ2) is 16.5. The summed E-state index contributed by atoms with van der Waals surface area (Å²) in [6.07, 6.45) is 0. The maximum absolute atomic E-state index is 5.12. The highest BCUT2D eigenvalue weighted by atomic mass is 15.0. The van der Waals surface area contributed by atoms with E-state index < -0.39 is 0 Å². The van der Waals surface area contributed by atoms with Gasteiger partial charge in [0.05, 0.1) is 22.4 Å². The fourth-order valence-corrected chi connectivity index (χ4v) is 10.4. The molecule has 1 aliphatic carbocycles. The van der Waals surface area contributed by atoms with Crippen LogP contribution >= 0.6 is 0 Å². The Morgan fingerprint density at radius 3 is 1.51 bits per heavy atom. The Bertz CT molecular complexity index is 3790. The third-order valence-electron chi connectivity index (χ3n) is 13.7. The first-order chi connectivity index (χ1) is 33.7. The molecular formula is C65H43N3. The summed E-state index contributed by atoms with van der Waals surface area (Å²) in [6, 6.07) is 91.9. The van der Waals surface area contributed by atoms with E-state index in [1.54, 1.807) is 0 Å². The third-order valence-corrected chi connectivity index (χ3v) is 13.7. The third kappa shape index (κ3) is 6.92. The zero-order chi connectivity index (χ0) is 45.0. The Morgan fingerprint density at radius 2 is 0.794 bits per heavy atom. The standard InChI is InChI=1S/C65H43N3/c1-4-17-43(18-5-1)60-42-61(44-19-6-2-7-20-44)67-65(66-60)52-27-15-25-48(38-52)46-23-14-24-47(37-46)49-26-16-28-53(39-49)68-62-32-13-12-30-55(62)59-41-51(34-36-63(59)68)50-33-35-57-58(40-50)54-29-10-11-31-56(54)64(57)45-21-8-3-9-22-45/h1-42,64H. The highest BCUT2D eigenvalue weighted by Crippen LogP contribution is 2.49. The van der Waals surface area contributed by atoms with Crippen molar-refractivity contribution in [2.24, 2.45) is 0 Å². The Morgan fingerprint density at radius 1 is 0.294 bits per heavy atom. The Hall–Kier alpha value is -8.92. The number of nitrogens with zero attached hydrogens (tertiary/aromatic N) is 3. The molecule has 0 spiro atoms. The second-order valence-electron chi connectivity index (χ2n) is 17.7. The van der Waals surface area contributed by atoms with Gasteiger partial charge in [-0.3, -0.25) is 0 Å². The molecule has 1 unspecified atom stereocenters. The number of rotatable bonds is 8. The lowest BCUT2D eigenvalue weighted by Gasteiger charge is -2.14.